The molecule has 1 fully saturated rings. The standard InChI is InChI=1S/C20H19F3N2/c1-11(2)14-7-15(22)19(16(23)8-14)12-3-5-13(6-4-12)20-17(9-21)25-18(20)10-24/h3-8,11,17-18,20,25H,9H2,1-2H3/t17-,18-,20+/m0/s1. The van der Waals surface area contributed by atoms with Crippen molar-refractivity contribution in [2.24, 2.45) is 0 Å². The van der Waals surface area contributed by atoms with E-state index in [4.69, 9.17) is 5.26 Å². The topological polar surface area (TPSA) is 35.8 Å². The third-order valence-corrected chi connectivity index (χ3v) is 4.81. The first-order valence-corrected chi connectivity index (χ1v) is 8.27. The largest absolute Gasteiger partial charge is 0.295 e. The lowest BCUT2D eigenvalue weighted by atomic mass is 9.78. The van der Waals surface area contributed by atoms with Gasteiger partial charge in [0, 0.05) is 12.0 Å². The zero-order valence-electron chi connectivity index (χ0n) is 14.1. The van der Waals surface area contributed by atoms with E-state index in [1.165, 1.54) is 12.1 Å². The minimum atomic E-state index is -0.599. The first-order chi connectivity index (χ1) is 12.0. The molecule has 2 nitrogen and oxygen atoms in total. The fourth-order valence-corrected chi connectivity index (χ4v) is 3.31. The van der Waals surface area contributed by atoms with Crippen LogP contribution in [-0.4, -0.2) is 18.8 Å². The van der Waals surface area contributed by atoms with E-state index < -0.39 is 30.4 Å². The summed E-state index contributed by atoms with van der Waals surface area (Å²) in [6.07, 6.45) is 0. The summed E-state index contributed by atoms with van der Waals surface area (Å²) in [5.74, 6) is -1.41. The van der Waals surface area contributed by atoms with Gasteiger partial charge in [-0.2, -0.15) is 5.26 Å². The molecule has 1 saturated heterocycles. The summed E-state index contributed by atoms with van der Waals surface area (Å²) in [4.78, 5) is 0. The van der Waals surface area contributed by atoms with Crippen LogP contribution in [0.2, 0.25) is 0 Å². The van der Waals surface area contributed by atoms with Crippen LogP contribution < -0.4 is 5.32 Å². The number of halogens is 3. The molecular formula is C20H19F3N2. The molecule has 0 bridgehead atoms. The minimum absolute atomic E-state index is 0.0343. The molecule has 0 spiro atoms. The van der Waals surface area contributed by atoms with Crippen molar-refractivity contribution >= 4 is 0 Å². The normalized spacial score (nSPS) is 22.5. The molecule has 0 unspecified atom stereocenters. The number of nitriles is 1. The van der Waals surface area contributed by atoms with Crippen molar-refractivity contribution in [3.8, 4) is 17.2 Å². The number of nitrogens with zero attached hydrogens (tertiary/aromatic N) is 1. The lowest BCUT2D eigenvalue weighted by molar-refractivity contribution is 0.210. The molecule has 130 valence electrons. The van der Waals surface area contributed by atoms with Gasteiger partial charge < -0.3 is 0 Å². The van der Waals surface area contributed by atoms with Crippen molar-refractivity contribution in [2.45, 2.75) is 37.8 Å². The molecule has 0 aromatic heterocycles. The number of hydrogen-bond donors (Lipinski definition) is 1. The van der Waals surface area contributed by atoms with E-state index >= 15 is 0 Å². The zero-order chi connectivity index (χ0) is 18.1. The molecule has 1 aliphatic heterocycles. The van der Waals surface area contributed by atoms with Crippen molar-refractivity contribution in [3.63, 3.8) is 0 Å². The van der Waals surface area contributed by atoms with Crippen LogP contribution >= 0.6 is 0 Å². The number of hydrogen-bond acceptors (Lipinski definition) is 2. The summed E-state index contributed by atoms with van der Waals surface area (Å²) >= 11 is 0. The molecule has 5 heteroatoms. The second-order valence-electron chi connectivity index (χ2n) is 6.70. The van der Waals surface area contributed by atoms with Crippen LogP contribution in [0.1, 0.15) is 36.8 Å². The highest BCUT2D eigenvalue weighted by molar-refractivity contribution is 5.66. The van der Waals surface area contributed by atoms with Gasteiger partial charge in [-0.25, -0.2) is 13.2 Å². The Balaban J connectivity index is 1.92. The summed E-state index contributed by atoms with van der Waals surface area (Å²) in [7, 11) is 0. The molecule has 3 atom stereocenters. The Morgan fingerprint density at radius 3 is 2.20 bits per heavy atom. The summed E-state index contributed by atoms with van der Waals surface area (Å²) in [6, 6.07) is 10.6. The van der Waals surface area contributed by atoms with Crippen LogP contribution in [0.5, 0.6) is 0 Å². The van der Waals surface area contributed by atoms with Crippen molar-refractivity contribution < 1.29 is 13.2 Å². The van der Waals surface area contributed by atoms with Crippen molar-refractivity contribution in [1.82, 2.24) is 5.32 Å². The maximum absolute atomic E-state index is 14.4. The maximum atomic E-state index is 14.4. The SMILES string of the molecule is CC(C)c1cc(F)c(-c2ccc([C@H]3[C@H](C#N)N[C@H]3CF)cc2)c(F)c1. The number of rotatable bonds is 4. The molecule has 0 saturated carbocycles. The Hall–Kier alpha value is -2.32. The molecule has 0 amide bonds. The summed E-state index contributed by atoms with van der Waals surface area (Å²) in [6.45, 7) is 3.19. The van der Waals surface area contributed by atoms with Gasteiger partial charge in [0.15, 0.2) is 0 Å². The average molecular weight is 344 g/mol. The molecule has 0 radical (unpaired) electrons. The van der Waals surface area contributed by atoms with E-state index in [-0.39, 0.29) is 17.4 Å². The van der Waals surface area contributed by atoms with Crippen molar-refractivity contribution in [1.29, 1.82) is 5.26 Å². The predicted molar refractivity (Wildman–Crippen MR) is 90.9 cm³/mol. The first kappa shape index (κ1) is 17.5. The molecule has 2 aromatic carbocycles. The minimum Gasteiger partial charge on any atom is -0.295 e. The first-order valence-electron chi connectivity index (χ1n) is 8.27. The van der Waals surface area contributed by atoms with Gasteiger partial charge in [-0.1, -0.05) is 38.1 Å². The fraction of sp³-hybridized carbons (Fsp3) is 0.350. The molecule has 1 N–H and O–H groups in total. The van der Waals surface area contributed by atoms with E-state index in [9.17, 15) is 13.2 Å². The molecule has 0 aliphatic carbocycles. The van der Waals surface area contributed by atoms with Crippen LogP contribution in [-0.2, 0) is 0 Å². The Morgan fingerprint density at radius 1 is 1.12 bits per heavy atom. The highest BCUT2D eigenvalue weighted by atomic mass is 19.1. The quantitative estimate of drug-likeness (QED) is 0.875. The summed E-state index contributed by atoms with van der Waals surface area (Å²) < 4.78 is 41.7. The van der Waals surface area contributed by atoms with E-state index in [1.54, 1.807) is 24.3 Å². The molecule has 25 heavy (non-hydrogen) atoms. The van der Waals surface area contributed by atoms with Crippen LogP contribution in [0.15, 0.2) is 36.4 Å². The van der Waals surface area contributed by atoms with Gasteiger partial charge in [-0.3, -0.25) is 5.32 Å². The Bertz CT molecular complexity index is 786. The van der Waals surface area contributed by atoms with Gasteiger partial charge in [0.1, 0.15) is 24.4 Å². The van der Waals surface area contributed by atoms with Crippen molar-refractivity contribution in [3.05, 3.63) is 59.2 Å². The van der Waals surface area contributed by atoms with Crippen LogP contribution in [0.3, 0.4) is 0 Å². The summed E-state index contributed by atoms with van der Waals surface area (Å²) in [5.41, 5.74) is 1.75. The zero-order valence-corrected chi connectivity index (χ0v) is 14.1. The third kappa shape index (κ3) is 3.14. The fourth-order valence-electron chi connectivity index (χ4n) is 3.31. The lowest BCUT2D eigenvalue weighted by Gasteiger charge is -2.41. The number of benzene rings is 2. The van der Waals surface area contributed by atoms with Gasteiger partial charge in [0.25, 0.3) is 0 Å². The smallest absolute Gasteiger partial charge is 0.134 e. The van der Waals surface area contributed by atoms with Gasteiger partial charge in [0.2, 0.25) is 0 Å². The van der Waals surface area contributed by atoms with E-state index in [2.05, 4.69) is 11.4 Å². The second-order valence-corrected chi connectivity index (χ2v) is 6.70. The van der Waals surface area contributed by atoms with Crippen LogP contribution in [0.25, 0.3) is 11.1 Å². The molecule has 2 aromatic rings. The van der Waals surface area contributed by atoms with E-state index in [1.807, 2.05) is 13.8 Å². The van der Waals surface area contributed by atoms with Gasteiger partial charge in [-0.05, 0) is 34.7 Å². The van der Waals surface area contributed by atoms with Crippen LogP contribution in [0.4, 0.5) is 13.2 Å². The molecule has 1 heterocycles. The Kier molecular flexibility index (Phi) is 4.82. The maximum Gasteiger partial charge on any atom is 0.134 e. The van der Waals surface area contributed by atoms with Gasteiger partial charge in [-0.15, -0.1) is 0 Å². The average Bonchev–Trinajstić information content (AvgIpc) is 2.55. The third-order valence-electron chi connectivity index (χ3n) is 4.81. The second kappa shape index (κ2) is 6.89. The monoisotopic (exact) mass is 344 g/mol. The highest BCUT2D eigenvalue weighted by Gasteiger charge is 2.41. The highest BCUT2D eigenvalue weighted by Crippen LogP contribution is 2.35. The Morgan fingerprint density at radius 2 is 1.72 bits per heavy atom. The van der Waals surface area contributed by atoms with Gasteiger partial charge >= 0.3 is 0 Å². The van der Waals surface area contributed by atoms with E-state index in [0.717, 1.165) is 5.56 Å². The lowest BCUT2D eigenvalue weighted by Crippen LogP contribution is -2.59. The number of nitrogens with one attached hydrogen (secondary N) is 1. The van der Waals surface area contributed by atoms with Gasteiger partial charge in [0.05, 0.1) is 11.6 Å². The van der Waals surface area contributed by atoms with Crippen LogP contribution in [0, 0.1) is 23.0 Å². The molecule has 3 rings (SSSR count). The Labute approximate surface area is 145 Å². The van der Waals surface area contributed by atoms with Crippen molar-refractivity contribution in [2.75, 3.05) is 6.67 Å². The summed E-state index contributed by atoms with van der Waals surface area (Å²) in [5, 5.41) is 11.9. The van der Waals surface area contributed by atoms with E-state index in [0.29, 0.717) is 11.1 Å². The predicted octanol–water partition coefficient (Wildman–Crippen LogP) is 4.67. The molecular weight excluding hydrogens is 325 g/mol. The molecule has 1 aliphatic rings. The number of alkyl halides is 1.